The van der Waals surface area contributed by atoms with Gasteiger partial charge in [-0.3, -0.25) is 14.9 Å². The molecule has 5 rings (SSSR count). The van der Waals surface area contributed by atoms with E-state index in [-0.39, 0.29) is 16.3 Å². The van der Waals surface area contributed by atoms with E-state index in [1.807, 2.05) is 0 Å². The van der Waals surface area contributed by atoms with Gasteiger partial charge in [0.2, 0.25) is 0 Å². The second-order valence-electron chi connectivity index (χ2n) is 6.36. The number of rotatable bonds is 3. The highest BCUT2D eigenvalue weighted by atomic mass is 35.5. The van der Waals surface area contributed by atoms with Gasteiger partial charge in [0.05, 0.1) is 27.3 Å². The van der Waals surface area contributed by atoms with Crippen LogP contribution in [0, 0.1) is 5.82 Å². The zero-order valence-corrected chi connectivity index (χ0v) is 15.5. The summed E-state index contributed by atoms with van der Waals surface area (Å²) < 4.78 is 14.9. The quantitative estimate of drug-likeness (QED) is 0.386. The number of nitrogens with zero attached hydrogens (tertiary/aromatic N) is 3. The van der Waals surface area contributed by atoms with E-state index in [4.69, 9.17) is 11.6 Å². The molecule has 0 unspecified atom stereocenters. The molecule has 0 aliphatic rings. The van der Waals surface area contributed by atoms with Gasteiger partial charge in [0.15, 0.2) is 0 Å². The predicted octanol–water partition coefficient (Wildman–Crippen LogP) is 4.40. The molecule has 29 heavy (non-hydrogen) atoms. The van der Waals surface area contributed by atoms with Crippen LogP contribution in [-0.4, -0.2) is 25.1 Å². The lowest BCUT2D eigenvalue weighted by Gasteiger charge is -2.13. The molecule has 4 heterocycles. The van der Waals surface area contributed by atoms with E-state index < -0.39 is 5.82 Å². The summed E-state index contributed by atoms with van der Waals surface area (Å²) in [6.45, 7) is 0. The molecule has 7 nitrogen and oxygen atoms in total. The largest absolute Gasteiger partial charge is 0.336 e. The van der Waals surface area contributed by atoms with Gasteiger partial charge in [-0.2, -0.15) is 5.10 Å². The molecule has 0 saturated heterocycles. The SMILES string of the molecule is O=c1[nH]ccc2c(Nc3c(F)cc(-c4ccn[nH]4)cc3Cl)nc3ccncc3c12. The van der Waals surface area contributed by atoms with E-state index in [9.17, 15) is 9.18 Å². The summed E-state index contributed by atoms with van der Waals surface area (Å²) in [5.41, 5.74) is 1.54. The number of anilines is 2. The van der Waals surface area contributed by atoms with Crippen LogP contribution in [0.2, 0.25) is 5.02 Å². The third-order valence-corrected chi connectivity index (χ3v) is 4.91. The first-order chi connectivity index (χ1) is 14.1. The van der Waals surface area contributed by atoms with Gasteiger partial charge in [0, 0.05) is 41.1 Å². The van der Waals surface area contributed by atoms with Gasteiger partial charge in [-0.25, -0.2) is 9.37 Å². The van der Waals surface area contributed by atoms with Gasteiger partial charge < -0.3 is 10.3 Å². The lowest BCUT2D eigenvalue weighted by molar-refractivity contribution is 0.632. The van der Waals surface area contributed by atoms with Crippen molar-refractivity contribution in [1.29, 1.82) is 0 Å². The third kappa shape index (κ3) is 2.90. The van der Waals surface area contributed by atoms with Gasteiger partial charge in [-0.05, 0) is 30.3 Å². The fourth-order valence-electron chi connectivity index (χ4n) is 3.28. The Balaban J connectivity index is 1.69. The van der Waals surface area contributed by atoms with Crippen LogP contribution in [0.4, 0.5) is 15.9 Å². The minimum atomic E-state index is -0.559. The molecule has 0 atom stereocenters. The molecular weight excluding hydrogens is 395 g/mol. The zero-order chi connectivity index (χ0) is 20.0. The van der Waals surface area contributed by atoms with Gasteiger partial charge in [0.1, 0.15) is 11.6 Å². The maximum atomic E-state index is 14.9. The van der Waals surface area contributed by atoms with Crippen molar-refractivity contribution in [3.63, 3.8) is 0 Å². The average molecular weight is 407 g/mol. The molecule has 0 aliphatic heterocycles. The van der Waals surface area contributed by atoms with Crippen molar-refractivity contribution in [3.05, 3.63) is 76.3 Å². The minimum Gasteiger partial charge on any atom is -0.336 e. The maximum absolute atomic E-state index is 14.9. The molecular formula is C20H12ClFN6O. The summed E-state index contributed by atoms with van der Waals surface area (Å²) in [5, 5.41) is 11.3. The second kappa shape index (κ2) is 6.68. The van der Waals surface area contributed by atoms with Crippen molar-refractivity contribution in [3.8, 4) is 11.3 Å². The molecule has 1 aromatic carbocycles. The zero-order valence-electron chi connectivity index (χ0n) is 14.7. The van der Waals surface area contributed by atoms with Crippen LogP contribution in [0.15, 0.2) is 59.9 Å². The number of aromatic nitrogens is 5. The highest BCUT2D eigenvalue weighted by molar-refractivity contribution is 6.33. The highest BCUT2D eigenvalue weighted by Crippen LogP contribution is 2.35. The smallest absolute Gasteiger partial charge is 0.256 e. The fraction of sp³-hybridized carbons (Fsp3) is 0. The van der Waals surface area contributed by atoms with Gasteiger partial charge in [-0.1, -0.05) is 11.6 Å². The van der Waals surface area contributed by atoms with Gasteiger partial charge >= 0.3 is 0 Å². The summed E-state index contributed by atoms with van der Waals surface area (Å²) in [6, 6.07) is 8.08. The summed E-state index contributed by atoms with van der Waals surface area (Å²) in [5.74, 6) is -0.239. The van der Waals surface area contributed by atoms with Crippen LogP contribution in [0.3, 0.4) is 0 Å². The molecule has 0 fully saturated rings. The number of nitrogens with one attached hydrogen (secondary N) is 3. The Bertz CT molecular complexity index is 1410. The second-order valence-corrected chi connectivity index (χ2v) is 6.77. The number of aromatic amines is 2. The molecule has 0 amide bonds. The number of fused-ring (bicyclic) bond motifs is 3. The van der Waals surface area contributed by atoms with Crippen molar-refractivity contribution in [2.75, 3.05) is 5.32 Å². The van der Waals surface area contributed by atoms with Gasteiger partial charge in [-0.15, -0.1) is 0 Å². The Hall–Kier alpha value is -3.78. The molecule has 9 heteroatoms. The van der Waals surface area contributed by atoms with Crippen molar-refractivity contribution in [2.45, 2.75) is 0 Å². The normalized spacial score (nSPS) is 11.2. The van der Waals surface area contributed by atoms with Crippen LogP contribution in [-0.2, 0) is 0 Å². The standard InChI is InChI=1S/C20H12ClFN6O/c21-13-7-10(15-3-6-25-28-15)8-14(22)18(13)27-19-11-1-5-24-20(29)17(11)12-9-23-4-2-16(12)26-19/h1-9H,(H,24,29)(H,25,28)(H,26,27). The van der Waals surface area contributed by atoms with Crippen LogP contribution in [0.1, 0.15) is 0 Å². The average Bonchev–Trinajstić information content (AvgIpc) is 3.25. The molecule has 0 radical (unpaired) electrons. The molecule has 4 aromatic heterocycles. The van der Waals surface area contributed by atoms with Crippen molar-refractivity contribution in [1.82, 2.24) is 25.1 Å². The third-order valence-electron chi connectivity index (χ3n) is 4.61. The van der Waals surface area contributed by atoms with E-state index in [1.165, 1.54) is 12.3 Å². The monoisotopic (exact) mass is 406 g/mol. The first kappa shape index (κ1) is 17.3. The number of hydrogen-bond acceptors (Lipinski definition) is 5. The van der Waals surface area contributed by atoms with Crippen LogP contribution >= 0.6 is 11.6 Å². The lowest BCUT2D eigenvalue weighted by atomic mass is 10.1. The number of pyridine rings is 3. The Labute approximate surface area is 167 Å². The maximum Gasteiger partial charge on any atom is 0.256 e. The molecule has 5 aromatic rings. The number of halogens is 2. The van der Waals surface area contributed by atoms with E-state index >= 15 is 0 Å². The van der Waals surface area contributed by atoms with Gasteiger partial charge in [0.25, 0.3) is 5.56 Å². The number of H-pyrrole nitrogens is 2. The number of hydrogen-bond donors (Lipinski definition) is 3. The van der Waals surface area contributed by atoms with Crippen LogP contribution < -0.4 is 10.9 Å². The first-order valence-electron chi connectivity index (χ1n) is 8.63. The Kier molecular flexibility index (Phi) is 3.99. The lowest BCUT2D eigenvalue weighted by Crippen LogP contribution is -2.08. The highest BCUT2D eigenvalue weighted by Gasteiger charge is 2.16. The fourth-order valence-corrected chi connectivity index (χ4v) is 3.53. The predicted molar refractivity (Wildman–Crippen MR) is 110 cm³/mol. The van der Waals surface area contributed by atoms with E-state index in [1.54, 1.807) is 42.9 Å². The van der Waals surface area contributed by atoms with Crippen molar-refractivity contribution < 1.29 is 4.39 Å². The summed E-state index contributed by atoms with van der Waals surface area (Å²) in [7, 11) is 0. The molecule has 3 N–H and O–H groups in total. The summed E-state index contributed by atoms with van der Waals surface area (Å²) in [4.78, 5) is 23.7. The van der Waals surface area contributed by atoms with Crippen LogP contribution in [0.5, 0.6) is 0 Å². The summed E-state index contributed by atoms with van der Waals surface area (Å²) in [6.07, 6.45) is 6.25. The Morgan fingerprint density at radius 2 is 2.00 bits per heavy atom. The van der Waals surface area contributed by atoms with E-state index in [2.05, 4.69) is 30.5 Å². The molecule has 0 aliphatic carbocycles. The number of benzene rings is 1. The molecule has 0 bridgehead atoms. The molecule has 0 saturated carbocycles. The summed E-state index contributed by atoms with van der Waals surface area (Å²) >= 11 is 6.36. The van der Waals surface area contributed by atoms with Crippen molar-refractivity contribution in [2.24, 2.45) is 0 Å². The van der Waals surface area contributed by atoms with E-state index in [0.717, 1.165) is 0 Å². The topological polar surface area (TPSA) is 99.3 Å². The minimum absolute atomic E-state index is 0.0671. The first-order valence-corrected chi connectivity index (χ1v) is 9.00. The van der Waals surface area contributed by atoms with Crippen molar-refractivity contribution >= 4 is 44.8 Å². The van der Waals surface area contributed by atoms with Crippen LogP contribution in [0.25, 0.3) is 32.9 Å². The Morgan fingerprint density at radius 1 is 1.10 bits per heavy atom. The molecule has 142 valence electrons. The van der Waals surface area contributed by atoms with E-state index in [0.29, 0.717) is 38.8 Å². The molecule has 0 spiro atoms. The Morgan fingerprint density at radius 3 is 2.79 bits per heavy atom.